The zero-order chi connectivity index (χ0) is 12.1. The summed E-state index contributed by atoms with van der Waals surface area (Å²) < 4.78 is 0. The SMILES string of the molecule is CCCCCCCCCCCCCC(C)Cl.S. The minimum Gasteiger partial charge on any atom is -0.197 e. The van der Waals surface area contributed by atoms with Gasteiger partial charge in [0.15, 0.2) is 0 Å². The van der Waals surface area contributed by atoms with Crippen LogP contribution in [0.3, 0.4) is 0 Å². The van der Waals surface area contributed by atoms with Crippen molar-refractivity contribution in [1.29, 1.82) is 0 Å². The van der Waals surface area contributed by atoms with Crippen molar-refractivity contribution in [1.82, 2.24) is 0 Å². The number of alkyl halides is 1. The third kappa shape index (κ3) is 19.2. The molecule has 0 aromatic rings. The van der Waals surface area contributed by atoms with Gasteiger partial charge in [0.2, 0.25) is 0 Å². The Hall–Kier alpha value is 0.640. The average Bonchev–Trinajstić information content (AvgIpc) is 2.25. The molecule has 0 aromatic carbocycles. The van der Waals surface area contributed by atoms with Crippen molar-refractivity contribution < 1.29 is 0 Å². The quantitative estimate of drug-likeness (QED) is 0.285. The second-order valence-electron chi connectivity index (χ2n) is 5.10. The topological polar surface area (TPSA) is 0 Å². The van der Waals surface area contributed by atoms with Crippen LogP contribution in [-0.2, 0) is 0 Å². The fraction of sp³-hybridized carbons (Fsp3) is 1.00. The maximum atomic E-state index is 5.90. The Balaban J connectivity index is 0. The van der Waals surface area contributed by atoms with Crippen LogP contribution in [0.5, 0.6) is 0 Å². The van der Waals surface area contributed by atoms with Gasteiger partial charge >= 0.3 is 0 Å². The Bertz CT molecular complexity index is 126. The van der Waals surface area contributed by atoms with E-state index in [0.29, 0.717) is 5.38 Å². The zero-order valence-electron chi connectivity index (χ0n) is 11.9. The van der Waals surface area contributed by atoms with Crippen LogP contribution < -0.4 is 0 Å². The summed E-state index contributed by atoms with van der Waals surface area (Å²) in [5.41, 5.74) is 0. The Morgan fingerprint density at radius 2 is 1.06 bits per heavy atom. The largest absolute Gasteiger partial charge is 0.197 e. The van der Waals surface area contributed by atoms with Crippen molar-refractivity contribution in [2.24, 2.45) is 0 Å². The van der Waals surface area contributed by atoms with Gasteiger partial charge in [0.05, 0.1) is 0 Å². The van der Waals surface area contributed by atoms with Crippen LogP contribution in [0.4, 0.5) is 0 Å². The molecule has 106 valence electrons. The van der Waals surface area contributed by atoms with Crippen molar-refractivity contribution in [3.63, 3.8) is 0 Å². The lowest BCUT2D eigenvalue weighted by Gasteiger charge is -2.03. The van der Waals surface area contributed by atoms with Gasteiger partial charge in [-0.1, -0.05) is 77.6 Å². The van der Waals surface area contributed by atoms with Crippen LogP contribution in [-0.4, -0.2) is 5.38 Å². The molecular formula is C15H33ClS. The van der Waals surface area contributed by atoms with E-state index in [4.69, 9.17) is 11.6 Å². The van der Waals surface area contributed by atoms with Crippen molar-refractivity contribution in [3.05, 3.63) is 0 Å². The number of hydrogen-bond acceptors (Lipinski definition) is 0. The molecule has 0 rings (SSSR count). The molecule has 0 heterocycles. The molecule has 1 atom stereocenters. The molecule has 0 amide bonds. The van der Waals surface area contributed by atoms with E-state index in [9.17, 15) is 0 Å². The van der Waals surface area contributed by atoms with E-state index < -0.39 is 0 Å². The Kier molecular flexibility index (Phi) is 19.5. The number of hydrogen-bond donors (Lipinski definition) is 0. The normalized spacial score (nSPS) is 12.2. The molecule has 0 radical (unpaired) electrons. The van der Waals surface area contributed by atoms with E-state index in [-0.39, 0.29) is 13.5 Å². The molecule has 0 spiro atoms. The first kappa shape index (κ1) is 20.0. The van der Waals surface area contributed by atoms with Gasteiger partial charge in [-0.2, -0.15) is 13.5 Å². The first-order valence-corrected chi connectivity index (χ1v) is 7.85. The fourth-order valence-corrected chi connectivity index (χ4v) is 2.24. The molecule has 0 aliphatic carbocycles. The molecule has 0 saturated carbocycles. The fourth-order valence-electron chi connectivity index (χ4n) is 2.09. The smallest absolute Gasteiger partial charge is 0.0307 e. The van der Waals surface area contributed by atoms with Gasteiger partial charge in [-0.15, -0.1) is 11.6 Å². The maximum absolute atomic E-state index is 5.90. The van der Waals surface area contributed by atoms with Crippen LogP contribution >= 0.6 is 25.1 Å². The van der Waals surface area contributed by atoms with Crippen molar-refractivity contribution in [2.45, 2.75) is 96.3 Å². The first-order valence-electron chi connectivity index (χ1n) is 7.41. The van der Waals surface area contributed by atoms with Crippen molar-refractivity contribution in [3.8, 4) is 0 Å². The summed E-state index contributed by atoms with van der Waals surface area (Å²) in [6, 6.07) is 0. The van der Waals surface area contributed by atoms with Gasteiger partial charge in [0.1, 0.15) is 0 Å². The third-order valence-corrected chi connectivity index (χ3v) is 3.42. The molecule has 17 heavy (non-hydrogen) atoms. The summed E-state index contributed by atoms with van der Waals surface area (Å²) in [5.74, 6) is 0. The van der Waals surface area contributed by atoms with Crippen molar-refractivity contribution >= 4 is 25.1 Å². The van der Waals surface area contributed by atoms with Gasteiger partial charge in [-0.05, 0) is 13.3 Å². The summed E-state index contributed by atoms with van der Waals surface area (Å²) in [6.07, 6.45) is 16.8. The van der Waals surface area contributed by atoms with Gasteiger partial charge < -0.3 is 0 Å². The molecule has 0 aromatic heterocycles. The van der Waals surface area contributed by atoms with Crippen LogP contribution in [0.25, 0.3) is 0 Å². The minimum atomic E-state index is 0. The van der Waals surface area contributed by atoms with Crippen LogP contribution in [0, 0.1) is 0 Å². The predicted molar refractivity (Wildman–Crippen MR) is 86.8 cm³/mol. The van der Waals surface area contributed by atoms with Gasteiger partial charge in [-0.25, -0.2) is 0 Å². The molecule has 0 nitrogen and oxygen atoms in total. The highest BCUT2D eigenvalue weighted by atomic mass is 35.5. The molecular weight excluding hydrogens is 248 g/mol. The predicted octanol–water partition coefficient (Wildman–Crippen LogP) is 6.43. The molecule has 2 heteroatoms. The molecule has 0 bridgehead atoms. The average molecular weight is 281 g/mol. The summed E-state index contributed by atoms with van der Waals surface area (Å²) in [4.78, 5) is 0. The summed E-state index contributed by atoms with van der Waals surface area (Å²) >= 11 is 5.90. The third-order valence-electron chi connectivity index (χ3n) is 3.21. The molecule has 0 saturated heterocycles. The lowest BCUT2D eigenvalue weighted by Crippen LogP contribution is -1.90. The molecule has 0 aliphatic heterocycles. The first-order chi connectivity index (χ1) is 7.77. The summed E-state index contributed by atoms with van der Waals surface area (Å²) in [6.45, 7) is 4.37. The lowest BCUT2D eigenvalue weighted by molar-refractivity contribution is 0.543. The minimum absolute atomic E-state index is 0. The highest BCUT2D eigenvalue weighted by molar-refractivity contribution is 7.59. The van der Waals surface area contributed by atoms with E-state index in [1.807, 2.05) is 0 Å². The standard InChI is InChI=1S/C15H31Cl.H2S/c1-3-4-5-6-7-8-9-10-11-12-13-14-15(2)16;/h15H,3-14H2,1-2H3;1H2. The Labute approximate surface area is 121 Å². The van der Waals surface area contributed by atoms with Crippen LogP contribution in [0.1, 0.15) is 90.9 Å². The van der Waals surface area contributed by atoms with Crippen LogP contribution in [0.15, 0.2) is 0 Å². The van der Waals surface area contributed by atoms with E-state index in [2.05, 4.69) is 13.8 Å². The summed E-state index contributed by atoms with van der Waals surface area (Å²) in [7, 11) is 0. The monoisotopic (exact) mass is 280 g/mol. The van der Waals surface area contributed by atoms with E-state index in [0.717, 1.165) is 0 Å². The second kappa shape index (κ2) is 16.6. The van der Waals surface area contributed by atoms with E-state index in [1.54, 1.807) is 0 Å². The Morgan fingerprint density at radius 3 is 1.41 bits per heavy atom. The van der Waals surface area contributed by atoms with Crippen molar-refractivity contribution in [2.75, 3.05) is 0 Å². The summed E-state index contributed by atoms with van der Waals surface area (Å²) in [5, 5.41) is 0.374. The second-order valence-corrected chi connectivity index (χ2v) is 5.85. The highest BCUT2D eigenvalue weighted by Crippen LogP contribution is 2.13. The molecule has 0 N–H and O–H groups in total. The van der Waals surface area contributed by atoms with E-state index >= 15 is 0 Å². The zero-order valence-corrected chi connectivity index (χ0v) is 13.7. The molecule has 1 unspecified atom stereocenters. The number of halogens is 1. The maximum Gasteiger partial charge on any atom is 0.0307 e. The number of rotatable bonds is 12. The van der Waals surface area contributed by atoms with Crippen LogP contribution in [0.2, 0.25) is 0 Å². The van der Waals surface area contributed by atoms with Gasteiger partial charge in [0.25, 0.3) is 0 Å². The Morgan fingerprint density at radius 1 is 0.706 bits per heavy atom. The molecule has 0 aliphatic rings. The van der Waals surface area contributed by atoms with Gasteiger partial charge in [0, 0.05) is 5.38 Å². The number of unbranched alkanes of at least 4 members (excludes halogenated alkanes) is 10. The highest BCUT2D eigenvalue weighted by Gasteiger charge is 1.96. The van der Waals surface area contributed by atoms with Gasteiger partial charge in [-0.3, -0.25) is 0 Å². The lowest BCUT2D eigenvalue weighted by atomic mass is 10.0. The molecule has 0 fully saturated rings. The van der Waals surface area contributed by atoms with E-state index in [1.165, 1.54) is 77.0 Å².